The number of ether oxygens (including phenoxy) is 1. The fourth-order valence-electron chi connectivity index (χ4n) is 1.84. The van der Waals surface area contributed by atoms with E-state index in [1.807, 2.05) is 0 Å². The third-order valence-electron chi connectivity index (χ3n) is 2.90. The van der Waals surface area contributed by atoms with E-state index in [9.17, 15) is 9.59 Å². The second-order valence-corrected chi connectivity index (χ2v) is 4.79. The number of nitrogens with zero attached hydrogens (tertiary/aromatic N) is 2. The summed E-state index contributed by atoms with van der Waals surface area (Å²) in [5, 5.41) is 15.7. The topological polar surface area (TPSA) is 93.5 Å². The largest absolute Gasteiger partial charge is 0.495 e. The molecule has 7 nitrogen and oxygen atoms in total. The molecule has 8 heteroatoms. The predicted molar refractivity (Wildman–Crippen MR) is 80.4 cm³/mol. The van der Waals surface area contributed by atoms with E-state index < -0.39 is 11.9 Å². The van der Waals surface area contributed by atoms with Crippen LogP contribution in [-0.4, -0.2) is 33.9 Å². The van der Waals surface area contributed by atoms with Crippen LogP contribution in [0.3, 0.4) is 0 Å². The lowest BCUT2D eigenvalue weighted by Crippen LogP contribution is -2.19. The molecule has 116 valence electrons. The van der Waals surface area contributed by atoms with Crippen molar-refractivity contribution in [3.05, 3.63) is 41.2 Å². The first-order chi connectivity index (χ1) is 10.5. The van der Waals surface area contributed by atoms with Crippen LogP contribution in [-0.2, 0) is 11.3 Å². The standard InChI is InChI=1S/C14H14ClN3O4/c1-22-12-3-2-9(8-10(12)15)17-14(21)11-4-6-16-18(11)7-5-13(19)20/h2-4,6,8H,5,7H2,1H3,(H,17,21)(H,19,20). The number of carboxylic acids is 1. The zero-order valence-corrected chi connectivity index (χ0v) is 12.5. The van der Waals surface area contributed by atoms with Gasteiger partial charge in [-0.05, 0) is 24.3 Å². The van der Waals surface area contributed by atoms with Gasteiger partial charge in [0.25, 0.3) is 5.91 Å². The van der Waals surface area contributed by atoms with Crippen LogP contribution in [0.2, 0.25) is 5.02 Å². The summed E-state index contributed by atoms with van der Waals surface area (Å²) in [5.74, 6) is -0.848. The zero-order chi connectivity index (χ0) is 16.1. The summed E-state index contributed by atoms with van der Waals surface area (Å²) >= 11 is 5.99. The number of aromatic nitrogens is 2. The number of methoxy groups -OCH3 is 1. The van der Waals surface area contributed by atoms with Crippen molar-refractivity contribution in [1.82, 2.24) is 9.78 Å². The first-order valence-electron chi connectivity index (χ1n) is 6.39. The van der Waals surface area contributed by atoms with E-state index in [2.05, 4.69) is 10.4 Å². The predicted octanol–water partition coefficient (Wildman–Crippen LogP) is 2.27. The smallest absolute Gasteiger partial charge is 0.305 e. The molecule has 1 aromatic carbocycles. The Labute approximate surface area is 131 Å². The minimum absolute atomic E-state index is 0.115. The van der Waals surface area contributed by atoms with Gasteiger partial charge in [0.1, 0.15) is 11.4 Å². The lowest BCUT2D eigenvalue weighted by molar-refractivity contribution is -0.137. The van der Waals surface area contributed by atoms with Crippen molar-refractivity contribution >= 4 is 29.2 Å². The van der Waals surface area contributed by atoms with E-state index in [-0.39, 0.29) is 18.7 Å². The zero-order valence-electron chi connectivity index (χ0n) is 11.7. The third kappa shape index (κ3) is 3.76. The maximum Gasteiger partial charge on any atom is 0.305 e. The normalized spacial score (nSPS) is 10.3. The summed E-state index contributed by atoms with van der Waals surface area (Å²) in [6.45, 7) is 0.119. The average Bonchev–Trinajstić information content (AvgIpc) is 2.94. The van der Waals surface area contributed by atoms with Crippen molar-refractivity contribution in [1.29, 1.82) is 0 Å². The van der Waals surface area contributed by atoms with Crippen molar-refractivity contribution in [3.8, 4) is 5.75 Å². The van der Waals surface area contributed by atoms with Crippen molar-refractivity contribution < 1.29 is 19.4 Å². The average molecular weight is 324 g/mol. The van der Waals surface area contributed by atoms with Crippen LogP contribution in [0.5, 0.6) is 5.75 Å². The minimum Gasteiger partial charge on any atom is -0.495 e. The summed E-state index contributed by atoms with van der Waals surface area (Å²) in [7, 11) is 1.50. The number of carbonyl (C=O) groups is 2. The second-order valence-electron chi connectivity index (χ2n) is 4.39. The second kappa shape index (κ2) is 6.95. The number of rotatable bonds is 6. The molecule has 1 heterocycles. The highest BCUT2D eigenvalue weighted by molar-refractivity contribution is 6.32. The van der Waals surface area contributed by atoms with Crippen LogP contribution >= 0.6 is 11.6 Å². The fraction of sp³-hybridized carbons (Fsp3) is 0.214. The van der Waals surface area contributed by atoms with E-state index in [1.165, 1.54) is 24.1 Å². The Kier molecular flexibility index (Phi) is 5.00. The molecule has 1 aromatic heterocycles. The molecule has 0 atom stereocenters. The van der Waals surface area contributed by atoms with Gasteiger partial charge in [-0.2, -0.15) is 5.10 Å². The Morgan fingerprint density at radius 2 is 2.18 bits per heavy atom. The Bertz CT molecular complexity index is 699. The molecule has 0 aliphatic heterocycles. The first kappa shape index (κ1) is 15.8. The summed E-state index contributed by atoms with van der Waals surface area (Å²) in [5.41, 5.74) is 0.773. The van der Waals surface area contributed by atoms with E-state index in [1.54, 1.807) is 18.2 Å². The molecule has 0 saturated heterocycles. The molecule has 1 amide bonds. The molecule has 0 aliphatic carbocycles. The fourth-order valence-corrected chi connectivity index (χ4v) is 2.10. The highest BCUT2D eigenvalue weighted by Gasteiger charge is 2.13. The monoisotopic (exact) mass is 323 g/mol. The molecule has 2 N–H and O–H groups in total. The number of aliphatic carboxylic acids is 1. The quantitative estimate of drug-likeness (QED) is 0.850. The van der Waals surface area contributed by atoms with Crippen LogP contribution in [0.15, 0.2) is 30.5 Å². The van der Waals surface area contributed by atoms with Crippen LogP contribution < -0.4 is 10.1 Å². The lowest BCUT2D eigenvalue weighted by atomic mass is 10.3. The minimum atomic E-state index is -0.955. The number of anilines is 1. The lowest BCUT2D eigenvalue weighted by Gasteiger charge is -2.09. The van der Waals surface area contributed by atoms with Crippen LogP contribution in [0.4, 0.5) is 5.69 Å². The summed E-state index contributed by atoms with van der Waals surface area (Å²) in [4.78, 5) is 22.8. The van der Waals surface area contributed by atoms with Gasteiger partial charge in [0.15, 0.2) is 0 Å². The van der Waals surface area contributed by atoms with Gasteiger partial charge in [0, 0.05) is 11.9 Å². The molecule has 2 rings (SSSR count). The molecule has 2 aromatic rings. The van der Waals surface area contributed by atoms with Gasteiger partial charge in [-0.15, -0.1) is 0 Å². The molecule has 0 bridgehead atoms. The molecular formula is C14H14ClN3O4. The van der Waals surface area contributed by atoms with Gasteiger partial charge >= 0.3 is 5.97 Å². The Balaban J connectivity index is 2.11. The van der Waals surface area contributed by atoms with Gasteiger partial charge in [-0.3, -0.25) is 14.3 Å². The number of aryl methyl sites for hydroxylation is 1. The molecule has 0 unspecified atom stereocenters. The molecule has 22 heavy (non-hydrogen) atoms. The van der Waals surface area contributed by atoms with E-state index >= 15 is 0 Å². The molecule has 0 spiro atoms. The molecule has 0 fully saturated rings. The Morgan fingerprint density at radius 3 is 2.82 bits per heavy atom. The van der Waals surface area contributed by atoms with E-state index in [0.29, 0.717) is 16.5 Å². The number of carbonyl (C=O) groups excluding carboxylic acids is 1. The Hall–Kier alpha value is -2.54. The number of carboxylic acid groups (broad SMARTS) is 1. The summed E-state index contributed by atoms with van der Waals surface area (Å²) < 4.78 is 6.38. The van der Waals surface area contributed by atoms with Gasteiger partial charge < -0.3 is 15.2 Å². The number of nitrogens with one attached hydrogen (secondary N) is 1. The molecular weight excluding hydrogens is 310 g/mol. The highest BCUT2D eigenvalue weighted by Crippen LogP contribution is 2.27. The highest BCUT2D eigenvalue weighted by atomic mass is 35.5. The van der Waals surface area contributed by atoms with Gasteiger partial charge in [-0.1, -0.05) is 11.6 Å². The summed E-state index contributed by atoms with van der Waals surface area (Å²) in [6, 6.07) is 6.37. The maximum atomic E-state index is 12.2. The third-order valence-corrected chi connectivity index (χ3v) is 3.19. The molecule has 0 radical (unpaired) electrons. The summed E-state index contributed by atoms with van der Waals surface area (Å²) in [6.07, 6.45) is 1.33. The van der Waals surface area contributed by atoms with Gasteiger partial charge in [0.2, 0.25) is 0 Å². The van der Waals surface area contributed by atoms with Crippen LogP contribution in [0.25, 0.3) is 0 Å². The van der Waals surface area contributed by atoms with Crippen molar-refractivity contribution in [3.63, 3.8) is 0 Å². The Morgan fingerprint density at radius 1 is 1.41 bits per heavy atom. The molecule has 0 aliphatic rings. The number of hydrogen-bond acceptors (Lipinski definition) is 4. The van der Waals surface area contributed by atoms with Crippen molar-refractivity contribution in [2.24, 2.45) is 0 Å². The number of amides is 1. The van der Waals surface area contributed by atoms with Crippen LogP contribution in [0, 0.1) is 0 Å². The van der Waals surface area contributed by atoms with Gasteiger partial charge in [0.05, 0.1) is 25.1 Å². The van der Waals surface area contributed by atoms with E-state index in [4.69, 9.17) is 21.4 Å². The van der Waals surface area contributed by atoms with Gasteiger partial charge in [-0.25, -0.2) is 0 Å². The SMILES string of the molecule is COc1ccc(NC(=O)c2ccnn2CCC(=O)O)cc1Cl. The van der Waals surface area contributed by atoms with Crippen LogP contribution in [0.1, 0.15) is 16.9 Å². The van der Waals surface area contributed by atoms with Crippen molar-refractivity contribution in [2.45, 2.75) is 13.0 Å². The van der Waals surface area contributed by atoms with Crippen molar-refractivity contribution in [2.75, 3.05) is 12.4 Å². The first-order valence-corrected chi connectivity index (χ1v) is 6.77. The molecule has 0 saturated carbocycles. The number of halogens is 1. The number of benzene rings is 1. The number of hydrogen-bond donors (Lipinski definition) is 2. The van der Waals surface area contributed by atoms with E-state index in [0.717, 1.165) is 0 Å². The maximum absolute atomic E-state index is 12.2.